The van der Waals surface area contributed by atoms with Gasteiger partial charge in [-0.15, -0.1) is 0 Å². The fraction of sp³-hybridized carbons (Fsp3) is 0.182. The van der Waals surface area contributed by atoms with Gasteiger partial charge in [0.1, 0.15) is 18.0 Å². The molecule has 0 fully saturated rings. The molecule has 0 bridgehead atoms. The number of nitrogens with one attached hydrogen (secondary N) is 2. The van der Waals surface area contributed by atoms with Gasteiger partial charge in [0.15, 0.2) is 5.65 Å². The highest BCUT2D eigenvalue weighted by Crippen LogP contribution is 2.23. The van der Waals surface area contributed by atoms with Crippen molar-refractivity contribution in [3.8, 4) is 5.69 Å². The normalized spacial score (nSPS) is 10.9. The number of fused-ring (bicyclic) bond motifs is 1. The molecule has 0 aliphatic carbocycles. The Kier molecular flexibility index (Phi) is 5.14. The lowest BCUT2D eigenvalue weighted by Crippen LogP contribution is -2.23. The third kappa shape index (κ3) is 3.84. The number of rotatable bonds is 5. The van der Waals surface area contributed by atoms with Crippen molar-refractivity contribution in [2.24, 2.45) is 0 Å². The summed E-state index contributed by atoms with van der Waals surface area (Å²) < 4.78 is 14.8. The van der Waals surface area contributed by atoms with E-state index < -0.39 is 0 Å². The topological polar surface area (TPSA) is 84.7 Å². The molecule has 4 rings (SSSR count). The Balaban J connectivity index is 1.52. The summed E-state index contributed by atoms with van der Waals surface area (Å²) >= 11 is 0. The number of hydrogen-bond donors (Lipinski definition) is 2. The van der Waals surface area contributed by atoms with Gasteiger partial charge in [-0.2, -0.15) is 5.10 Å². The van der Waals surface area contributed by atoms with Crippen molar-refractivity contribution in [3.05, 3.63) is 71.4 Å². The van der Waals surface area contributed by atoms with Crippen molar-refractivity contribution in [1.29, 1.82) is 0 Å². The number of nitrogens with zero attached hydrogens (tertiary/aromatic N) is 4. The maximum atomic E-state index is 13.2. The predicted molar refractivity (Wildman–Crippen MR) is 114 cm³/mol. The SMILES string of the molecule is Cc1cc(C)c(NC(=O)CNc2ncnc3c2cnn3-c2ccc(F)cc2)c(C)c1. The molecule has 2 heterocycles. The molecule has 4 aromatic rings. The Morgan fingerprint density at radius 1 is 1.07 bits per heavy atom. The van der Waals surface area contributed by atoms with Gasteiger partial charge >= 0.3 is 0 Å². The van der Waals surface area contributed by atoms with E-state index in [1.54, 1.807) is 23.0 Å². The lowest BCUT2D eigenvalue weighted by atomic mass is 10.1. The van der Waals surface area contributed by atoms with Crippen LogP contribution in [0, 0.1) is 26.6 Å². The van der Waals surface area contributed by atoms with Crippen LogP contribution >= 0.6 is 0 Å². The number of carbonyl (C=O) groups is 1. The molecule has 2 aromatic heterocycles. The second kappa shape index (κ2) is 7.90. The summed E-state index contributed by atoms with van der Waals surface area (Å²) in [4.78, 5) is 21.0. The van der Waals surface area contributed by atoms with Gasteiger partial charge in [-0.3, -0.25) is 4.79 Å². The Labute approximate surface area is 173 Å². The summed E-state index contributed by atoms with van der Waals surface area (Å²) in [6.45, 7) is 6.02. The average Bonchev–Trinajstić information content (AvgIpc) is 3.14. The highest BCUT2D eigenvalue weighted by molar-refractivity contribution is 5.96. The molecule has 0 unspecified atom stereocenters. The summed E-state index contributed by atoms with van der Waals surface area (Å²) in [5.41, 5.74) is 5.26. The molecule has 0 saturated heterocycles. The number of aromatic nitrogens is 4. The van der Waals surface area contributed by atoms with Gasteiger partial charge in [-0.1, -0.05) is 17.7 Å². The first kappa shape index (κ1) is 19.5. The van der Waals surface area contributed by atoms with E-state index >= 15 is 0 Å². The maximum absolute atomic E-state index is 13.2. The molecule has 0 aliphatic rings. The molecular weight excluding hydrogens is 383 g/mol. The van der Waals surface area contributed by atoms with E-state index in [2.05, 4.69) is 25.7 Å². The van der Waals surface area contributed by atoms with Crippen LogP contribution in [0.5, 0.6) is 0 Å². The molecule has 0 aliphatic heterocycles. The van der Waals surface area contributed by atoms with E-state index in [1.165, 1.54) is 18.5 Å². The minimum absolute atomic E-state index is 0.0423. The molecule has 0 spiro atoms. The zero-order valence-electron chi connectivity index (χ0n) is 16.9. The smallest absolute Gasteiger partial charge is 0.243 e. The Hall–Kier alpha value is -3.81. The van der Waals surface area contributed by atoms with Crippen LogP contribution in [0.25, 0.3) is 16.7 Å². The molecule has 1 amide bonds. The van der Waals surface area contributed by atoms with Gasteiger partial charge in [0, 0.05) is 5.69 Å². The standard InChI is InChI=1S/C22H21FN6O/c1-13-8-14(2)20(15(3)9-13)28-19(30)11-24-21-18-10-27-29(22(18)26-12-25-21)17-6-4-16(23)5-7-17/h4-10,12H,11H2,1-3H3,(H,28,30)(H,24,25,26). The van der Waals surface area contributed by atoms with Crippen molar-refractivity contribution in [1.82, 2.24) is 19.7 Å². The summed E-state index contributed by atoms with van der Waals surface area (Å²) in [5.74, 6) is 0.000796. The molecule has 152 valence electrons. The van der Waals surface area contributed by atoms with Crippen LogP contribution in [0.3, 0.4) is 0 Å². The molecule has 7 nitrogen and oxygen atoms in total. The second-order valence-electron chi connectivity index (χ2n) is 7.17. The lowest BCUT2D eigenvalue weighted by molar-refractivity contribution is -0.114. The third-order valence-electron chi connectivity index (χ3n) is 4.79. The van der Waals surface area contributed by atoms with Crippen LogP contribution in [-0.2, 0) is 4.79 Å². The number of carbonyl (C=O) groups excluding carboxylic acids is 1. The summed E-state index contributed by atoms with van der Waals surface area (Å²) in [6.07, 6.45) is 3.02. The number of aryl methyl sites for hydroxylation is 3. The quantitative estimate of drug-likeness (QED) is 0.526. The number of hydrogen-bond acceptors (Lipinski definition) is 5. The average molecular weight is 404 g/mol. The predicted octanol–water partition coefficient (Wildman–Crippen LogP) is 3.93. The Morgan fingerprint density at radius 3 is 2.47 bits per heavy atom. The molecular formula is C22H21FN6O. The van der Waals surface area contributed by atoms with E-state index in [1.807, 2.05) is 32.9 Å². The second-order valence-corrected chi connectivity index (χ2v) is 7.17. The van der Waals surface area contributed by atoms with Crippen LogP contribution in [0.15, 0.2) is 48.9 Å². The molecule has 8 heteroatoms. The van der Waals surface area contributed by atoms with Gasteiger partial charge in [-0.05, 0) is 56.2 Å². The van der Waals surface area contributed by atoms with E-state index in [0.29, 0.717) is 22.5 Å². The summed E-state index contributed by atoms with van der Waals surface area (Å²) in [7, 11) is 0. The Morgan fingerprint density at radius 2 is 1.77 bits per heavy atom. The first-order chi connectivity index (χ1) is 14.4. The monoisotopic (exact) mass is 404 g/mol. The third-order valence-corrected chi connectivity index (χ3v) is 4.79. The number of halogens is 1. The summed E-state index contributed by atoms with van der Waals surface area (Å²) in [5, 5.41) is 11.0. The molecule has 0 saturated carbocycles. The van der Waals surface area contributed by atoms with Crippen LogP contribution in [0.2, 0.25) is 0 Å². The number of anilines is 2. The zero-order valence-corrected chi connectivity index (χ0v) is 16.9. The van der Waals surface area contributed by atoms with Crippen LogP contribution in [0.4, 0.5) is 15.9 Å². The molecule has 30 heavy (non-hydrogen) atoms. The molecule has 2 N–H and O–H groups in total. The highest BCUT2D eigenvalue weighted by Gasteiger charge is 2.13. The minimum Gasteiger partial charge on any atom is -0.360 e. The van der Waals surface area contributed by atoms with E-state index in [0.717, 1.165) is 22.4 Å². The summed E-state index contributed by atoms with van der Waals surface area (Å²) in [6, 6.07) is 10.0. The van der Waals surface area contributed by atoms with Gasteiger partial charge in [0.25, 0.3) is 0 Å². The molecule has 0 atom stereocenters. The Bertz CT molecular complexity index is 1210. The van der Waals surface area contributed by atoms with E-state index in [-0.39, 0.29) is 18.3 Å². The van der Waals surface area contributed by atoms with Crippen molar-refractivity contribution >= 4 is 28.4 Å². The van der Waals surface area contributed by atoms with Crippen LogP contribution in [-0.4, -0.2) is 32.2 Å². The highest BCUT2D eigenvalue weighted by atomic mass is 19.1. The van der Waals surface area contributed by atoms with Crippen molar-refractivity contribution in [3.63, 3.8) is 0 Å². The van der Waals surface area contributed by atoms with Crippen LogP contribution < -0.4 is 10.6 Å². The fourth-order valence-corrected chi connectivity index (χ4v) is 3.48. The van der Waals surface area contributed by atoms with Crippen LogP contribution in [0.1, 0.15) is 16.7 Å². The largest absolute Gasteiger partial charge is 0.360 e. The lowest BCUT2D eigenvalue weighted by Gasteiger charge is -2.13. The van der Waals surface area contributed by atoms with Crippen molar-refractivity contribution < 1.29 is 9.18 Å². The fourth-order valence-electron chi connectivity index (χ4n) is 3.48. The minimum atomic E-state index is -0.322. The first-order valence-corrected chi connectivity index (χ1v) is 9.48. The molecule has 2 aromatic carbocycles. The maximum Gasteiger partial charge on any atom is 0.243 e. The van der Waals surface area contributed by atoms with E-state index in [4.69, 9.17) is 0 Å². The van der Waals surface area contributed by atoms with Crippen molar-refractivity contribution in [2.45, 2.75) is 20.8 Å². The van der Waals surface area contributed by atoms with Crippen molar-refractivity contribution in [2.75, 3.05) is 17.2 Å². The van der Waals surface area contributed by atoms with Gasteiger partial charge in [0.05, 0.1) is 23.8 Å². The zero-order chi connectivity index (χ0) is 21.3. The number of amides is 1. The van der Waals surface area contributed by atoms with Gasteiger partial charge < -0.3 is 10.6 Å². The van der Waals surface area contributed by atoms with Gasteiger partial charge in [0.2, 0.25) is 5.91 Å². The van der Waals surface area contributed by atoms with Gasteiger partial charge in [-0.25, -0.2) is 19.0 Å². The van der Waals surface area contributed by atoms with E-state index in [9.17, 15) is 9.18 Å². The first-order valence-electron chi connectivity index (χ1n) is 9.48. The number of benzene rings is 2. The molecule has 0 radical (unpaired) electrons.